The average Bonchev–Trinajstić information content (AvgIpc) is 2.44. The molecule has 21 heavy (non-hydrogen) atoms. The Hall–Kier alpha value is -1.47. The van der Waals surface area contributed by atoms with Crippen molar-refractivity contribution in [2.75, 3.05) is 0 Å². The maximum Gasteiger partial charge on any atom is 0.271 e. The molecule has 0 aromatic carbocycles. The van der Waals surface area contributed by atoms with Crippen LogP contribution in [0.3, 0.4) is 0 Å². The first-order valence-corrected chi connectivity index (χ1v) is 7.43. The summed E-state index contributed by atoms with van der Waals surface area (Å²) in [7, 11) is 0. The monoisotopic (exact) mass is 301 g/mol. The van der Waals surface area contributed by atoms with Gasteiger partial charge in [-0.2, -0.15) is 0 Å². The first-order valence-electron chi connectivity index (χ1n) is 7.43. The van der Waals surface area contributed by atoms with E-state index >= 15 is 0 Å². The van der Waals surface area contributed by atoms with E-state index in [1.54, 1.807) is 0 Å². The van der Waals surface area contributed by atoms with Gasteiger partial charge in [-0.15, -0.1) is 0 Å². The van der Waals surface area contributed by atoms with Crippen molar-refractivity contribution in [2.45, 2.75) is 70.3 Å². The van der Waals surface area contributed by atoms with Gasteiger partial charge < -0.3 is 11.5 Å². The van der Waals surface area contributed by atoms with E-state index in [-0.39, 0.29) is 6.42 Å². The molecule has 6 N–H and O–H groups in total. The number of Topliss-reactive ketones (excluding diaryl/α,β-unsaturated/α-hetero) is 1. The summed E-state index contributed by atoms with van der Waals surface area (Å²) in [4.78, 5) is 34.5. The summed E-state index contributed by atoms with van der Waals surface area (Å²) < 4.78 is 0. The smallest absolute Gasteiger partial charge is 0.271 e. The van der Waals surface area contributed by atoms with Gasteiger partial charge in [-0.25, -0.2) is 5.48 Å². The zero-order valence-electron chi connectivity index (χ0n) is 12.7. The predicted molar refractivity (Wildman–Crippen MR) is 78.3 cm³/mol. The molecule has 0 aliphatic heterocycles. The van der Waals surface area contributed by atoms with Crippen LogP contribution in [-0.2, 0) is 14.4 Å². The van der Waals surface area contributed by atoms with Crippen molar-refractivity contribution in [2.24, 2.45) is 11.5 Å². The van der Waals surface area contributed by atoms with Crippen molar-refractivity contribution >= 4 is 17.6 Å². The molecule has 122 valence electrons. The summed E-state index contributed by atoms with van der Waals surface area (Å²) in [5, 5.41) is 8.64. The number of hydrogen-bond donors (Lipinski definition) is 4. The van der Waals surface area contributed by atoms with Gasteiger partial charge in [0.25, 0.3) is 5.91 Å². The molecule has 2 amide bonds. The molecule has 0 saturated carbocycles. The van der Waals surface area contributed by atoms with Gasteiger partial charge in [0.15, 0.2) is 11.3 Å². The fourth-order valence-electron chi connectivity index (χ4n) is 2.15. The van der Waals surface area contributed by atoms with E-state index in [0.29, 0.717) is 6.42 Å². The highest BCUT2D eigenvalue weighted by Crippen LogP contribution is 2.15. The lowest BCUT2D eigenvalue weighted by Crippen LogP contribution is -2.60. The minimum Gasteiger partial charge on any atom is -0.370 e. The normalized spacial score (nSPS) is 13.5. The number of hydroxylamine groups is 1. The van der Waals surface area contributed by atoms with Crippen LogP contribution in [0.1, 0.15) is 64.7 Å². The minimum atomic E-state index is -2.08. The van der Waals surface area contributed by atoms with Crippen LogP contribution in [0.25, 0.3) is 0 Å². The molecule has 0 aromatic heterocycles. The molecule has 0 rings (SSSR count). The van der Waals surface area contributed by atoms with Gasteiger partial charge >= 0.3 is 0 Å². The average molecular weight is 301 g/mol. The fourth-order valence-corrected chi connectivity index (χ4v) is 2.15. The molecule has 0 aliphatic carbocycles. The standard InChI is InChI=1S/C14H27N3O4/c1-2-3-4-5-6-7-8-9-11(18)14(16,10-12(15)19)13(20)17-21/h21H,2-10,16H2,1H3,(H2,15,19)(H,17,20). The number of unbranched alkanes of at least 4 members (excludes halogenated alkanes) is 6. The Kier molecular flexibility index (Phi) is 9.56. The number of primary amides is 1. The largest absolute Gasteiger partial charge is 0.370 e. The second kappa shape index (κ2) is 10.3. The number of rotatable bonds is 12. The Bertz CT molecular complexity index is 360. The van der Waals surface area contributed by atoms with E-state index in [1.165, 1.54) is 24.7 Å². The highest BCUT2D eigenvalue weighted by Gasteiger charge is 2.42. The molecule has 1 atom stereocenters. The van der Waals surface area contributed by atoms with Crippen molar-refractivity contribution < 1.29 is 19.6 Å². The zero-order valence-corrected chi connectivity index (χ0v) is 12.7. The van der Waals surface area contributed by atoms with Crippen molar-refractivity contribution in [1.29, 1.82) is 0 Å². The molecule has 0 heterocycles. The Morgan fingerprint density at radius 1 is 1.05 bits per heavy atom. The molecule has 0 fully saturated rings. The van der Waals surface area contributed by atoms with Crippen LogP contribution in [-0.4, -0.2) is 28.3 Å². The Labute approximate surface area is 125 Å². The lowest BCUT2D eigenvalue weighted by Gasteiger charge is -2.24. The first kappa shape index (κ1) is 19.5. The van der Waals surface area contributed by atoms with Gasteiger partial charge in [-0.1, -0.05) is 45.4 Å². The highest BCUT2D eigenvalue weighted by molar-refractivity contribution is 6.12. The van der Waals surface area contributed by atoms with Crippen LogP contribution in [0.4, 0.5) is 0 Å². The van der Waals surface area contributed by atoms with Gasteiger partial charge in [0.05, 0.1) is 6.42 Å². The molecular formula is C14H27N3O4. The second-order valence-electron chi connectivity index (χ2n) is 5.35. The van der Waals surface area contributed by atoms with Crippen LogP contribution in [0.15, 0.2) is 0 Å². The number of nitrogens with one attached hydrogen (secondary N) is 1. The lowest BCUT2D eigenvalue weighted by molar-refractivity contribution is -0.144. The molecule has 7 nitrogen and oxygen atoms in total. The van der Waals surface area contributed by atoms with E-state index in [2.05, 4.69) is 6.92 Å². The maximum atomic E-state index is 12.0. The van der Waals surface area contributed by atoms with Crippen LogP contribution < -0.4 is 16.9 Å². The van der Waals surface area contributed by atoms with Crippen molar-refractivity contribution in [3.05, 3.63) is 0 Å². The second-order valence-corrected chi connectivity index (χ2v) is 5.35. The summed E-state index contributed by atoms with van der Waals surface area (Å²) in [6.07, 6.45) is 6.64. The number of amides is 2. The van der Waals surface area contributed by atoms with Gasteiger partial charge in [0.1, 0.15) is 0 Å². The number of nitrogens with two attached hydrogens (primary N) is 2. The SMILES string of the molecule is CCCCCCCCCC(=O)C(N)(CC(N)=O)C(=O)NO. The van der Waals surface area contributed by atoms with Crippen molar-refractivity contribution in [3.8, 4) is 0 Å². The number of carbonyl (C=O) groups excluding carboxylic acids is 3. The summed E-state index contributed by atoms with van der Waals surface area (Å²) in [6, 6.07) is 0. The molecule has 0 aromatic rings. The number of hydrogen-bond acceptors (Lipinski definition) is 5. The topological polar surface area (TPSA) is 136 Å². The molecule has 0 spiro atoms. The quantitative estimate of drug-likeness (QED) is 0.183. The molecule has 1 unspecified atom stereocenters. The molecule has 0 aliphatic rings. The Morgan fingerprint density at radius 2 is 1.57 bits per heavy atom. The third-order valence-corrected chi connectivity index (χ3v) is 3.46. The predicted octanol–water partition coefficient (Wildman–Crippen LogP) is 0.775. The molecule has 7 heteroatoms. The lowest BCUT2D eigenvalue weighted by atomic mass is 9.87. The van der Waals surface area contributed by atoms with Crippen LogP contribution in [0.5, 0.6) is 0 Å². The number of ketones is 1. The van der Waals surface area contributed by atoms with Gasteiger partial charge in [-0.05, 0) is 6.42 Å². The van der Waals surface area contributed by atoms with Gasteiger partial charge in [-0.3, -0.25) is 19.6 Å². The van der Waals surface area contributed by atoms with Crippen LogP contribution in [0.2, 0.25) is 0 Å². The van der Waals surface area contributed by atoms with Crippen molar-refractivity contribution in [1.82, 2.24) is 5.48 Å². The van der Waals surface area contributed by atoms with Gasteiger partial charge in [0, 0.05) is 6.42 Å². The van der Waals surface area contributed by atoms with E-state index in [9.17, 15) is 14.4 Å². The van der Waals surface area contributed by atoms with Crippen molar-refractivity contribution in [3.63, 3.8) is 0 Å². The van der Waals surface area contributed by atoms with Crippen LogP contribution >= 0.6 is 0 Å². The fraction of sp³-hybridized carbons (Fsp3) is 0.786. The third kappa shape index (κ3) is 7.19. The van der Waals surface area contributed by atoms with E-state index in [4.69, 9.17) is 16.7 Å². The molecule has 0 bridgehead atoms. The minimum absolute atomic E-state index is 0.0883. The van der Waals surface area contributed by atoms with Gasteiger partial charge in [0.2, 0.25) is 5.91 Å². The number of carbonyl (C=O) groups is 3. The summed E-state index contributed by atoms with van der Waals surface area (Å²) in [5.74, 6) is -2.55. The van der Waals surface area contributed by atoms with E-state index in [1.807, 2.05) is 0 Å². The first-order chi connectivity index (χ1) is 9.88. The Morgan fingerprint density at radius 3 is 2.05 bits per heavy atom. The molecular weight excluding hydrogens is 274 g/mol. The van der Waals surface area contributed by atoms with E-state index < -0.39 is 29.6 Å². The third-order valence-electron chi connectivity index (χ3n) is 3.46. The highest BCUT2D eigenvalue weighted by atomic mass is 16.5. The summed E-state index contributed by atoms with van der Waals surface area (Å²) in [6.45, 7) is 2.14. The maximum absolute atomic E-state index is 12.0. The Balaban J connectivity index is 4.24. The van der Waals surface area contributed by atoms with E-state index in [0.717, 1.165) is 19.3 Å². The van der Waals surface area contributed by atoms with Crippen LogP contribution in [0, 0.1) is 0 Å². The summed E-state index contributed by atoms with van der Waals surface area (Å²) >= 11 is 0. The molecule has 0 saturated heterocycles. The zero-order chi connectivity index (χ0) is 16.3. The molecule has 0 radical (unpaired) electrons. The summed E-state index contributed by atoms with van der Waals surface area (Å²) in [5.41, 5.74) is 9.90.